The zero-order valence-electron chi connectivity index (χ0n) is 22.4. The third-order valence-corrected chi connectivity index (χ3v) is 8.66. The summed E-state index contributed by atoms with van der Waals surface area (Å²) in [5.74, 6) is -1.22. The second-order valence-corrected chi connectivity index (χ2v) is 11.3. The van der Waals surface area contributed by atoms with Gasteiger partial charge >= 0.3 is 0 Å². The molecule has 0 aliphatic carbocycles. The van der Waals surface area contributed by atoms with Gasteiger partial charge in [-0.05, 0) is 66.8 Å². The molecule has 1 atom stereocenters. The molecule has 2 aromatic carbocycles. The molecule has 0 spiro atoms. The van der Waals surface area contributed by atoms with Gasteiger partial charge in [-0.1, -0.05) is 44.5 Å². The Labute approximate surface area is 232 Å². The van der Waals surface area contributed by atoms with Gasteiger partial charge in [0.05, 0.1) is 22.6 Å². The van der Waals surface area contributed by atoms with Crippen LogP contribution in [0.2, 0.25) is 0 Å². The molecule has 8 nitrogen and oxygen atoms in total. The van der Waals surface area contributed by atoms with Crippen molar-refractivity contribution in [3.63, 3.8) is 0 Å². The molecular weight excluding hydrogens is 531 g/mol. The van der Waals surface area contributed by atoms with Crippen LogP contribution >= 0.6 is 0 Å². The van der Waals surface area contributed by atoms with Crippen molar-refractivity contribution < 1.29 is 17.9 Å². The van der Waals surface area contributed by atoms with E-state index in [-0.39, 0.29) is 10.7 Å². The summed E-state index contributed by atoms with van der Waals surface area (Å²) in [4.78, 5) is 20.8. The number of nitrogens with zero attached hydrogens (tertiary/aromatic N) is 4. The molecule has 0 radical (unpaired) electrons. The maximum atomic E-state index is 14.0. The predicted molar refractivity (Wildman–Crippen MR) is 148 cm³/mol. The van der Waals surface area contributed by atoms with Gasteiger partial charge in [-0.2, -0.15) is 14.6 Å². The number of aryl methyl sites for hydroxylation is 1. The van der Waals surface area contributed by atoms with Crippen LogP contribution in [0.3, 0.4) is 0 Å². The summed E-state index contributed by atoms with van der Waals surface area (Å²) in [6.07, 6.45) is 3.56. The van der Waals surface area contributed by atoms with Gasteiger partial charge in [0, 0.05) is 18.2 Å². The van der Waals surface area contributed by atoms with E-state index < -0.39 is 38.2 Å². The summed E-state index contributed by atoms with van der Waals surface area (Å²) in [5, 5.41) is 20.2. The fraction of sp³-hybridized carbons (Fsp3) is 0.267. The van der Waals surface area contributed by atoms with Gasteiger partial charge in [-0.15, -0.1) is 0 Å². The highest BCUT2D eigenvalue weighted by atomic mass is 32.2. The average molecular weight is 561 g/mol. The summed E-state index contributed by atoms with van der Waals surface area (Å²) >= 11 is 0. The van der Waals surface area contributed by atoms with E-state index in [4.69, 9.17) is 0 Å². The molecule has 0 aliphatic rings. The number of aromatic hydroxyl groups is 1. The second kappa shape index (κ2) is 11.8. The van der Waals surface area contributed by atoms with Crippen LogP contribution in [0.15, 0.2) is 75.4 Å². The van der Waals surface area contributed by atoms with Gasteiger partial charge in [0.25, 0.3) is 5.56 Å². The molecule has 2 heterocycles. The van der Waals surface area contributed by atoms with Crippen LogP contribution in [-0.2, 0) is 16.3 Å². The first-order valence-electron chi connectivity index (χ1n) is 12.9. The number of pyridine rings is 1. The van der Waals surface area contributed by atoms with E-state index in [1.807, 2.05) is 13.8 Å². The minimum Gasteiger partial charge on any atom is -0.492 e. The van der Waals surface area contributed by atoms with Crippen molar-refractivity contribution in [1.82, 2.24) is 14.5 Å². The summed E-state index contributed by atoms with van der Waals surface area (Å²) in [6.45, 7) is 5.40. The number of rotatable bonds is 9. The molecule has 4 aromatic rings. The van der Waals surface area contributed by atoms with Crippen LogP contribution in [0.25, 0.3) is 11.1 Å². The van der Waals surface area contributed by atoms with E-state index in [0.29, 0.717) is 47.1 Å². The largest absolute Gasteiger partial charge is 0.492 e. The standard InChI is InChI=1S/C30H29FN4O4S/c1-4-6-10-26-34-29(36)27(30(37)35(26)25(5-2)22-9-7-8-20(17-22)18-32)40(38,39)23-13-11-21(12-14-23)24-15-16-33-28(31)19(24)3/h7-9,11-17,25,36H,4-6,10H2,1-3H3. The van der Waals surface area contributed by atoms with Crippen molar-refractivity contribution in [3.8, 4) is 23.1 Å². The molecule has 0 aliphatic heterocycles. The maximum absolute atomic E-state index is 14.0. The summed E-state index contributed by atoms with van der Waals surface area (Å²) in [6, 6.07) is 15.5. The van der Waals surface area contributed by atoms with Crippen LogP contribution in [0.5, 0.6) is 5.88 Å². The molecule has 1 unspecified atom stereocenters. The van der Waals surface area contributed by atoms with Crippen molar-refractivity contribution in [1.29, 1.82) is 5.26 Å². The number of nitriles is 1. The minimum absolute atomic E-state index is 0.218. The summed E-state index contributed by atoms with van der Waals surface area (Å²) in [7, 11) is -4.50. The number of sulfone groups is 1. The number of benzene rings is 2. The lowest BCUT2D eigenvalue weighted by atomic mass is 10.0. The average Bonchev–Trinajstić information content (AvgIpc) is 2.95. The number of aromatic nitrogens is 3. The molecule has 206 valence electrons. The molecule has 2 aromatic heterocycles. The van der Waals surface area contributed by atoms with Gasteiger partial charge in [-0.3, -0.25) is 9.36 Å². The fourth-order valence-electron chi connectivity index (χ4n) is 4.75. The first-order valence-corrected chi connectivity index (χ1v) is 14.4. The van der Waals surface area contributed by atoms with E-state index in [1.54, 1.807) is 37.3 Å². The Morgan fingerprint density at radius 1 is 1.12 bits per heavy atom. The van der Waals surface area contributed by atoms with Gasteiger partial charge in [-0.25, -0.2) is 13.4 Å². The number of unbranched alkanes of at least 4 members (excludes halogenated alkanes) is 1. The van der Waals surface area contributed by atoms with Crippen LogP contribution in [0, 0.1) is 24.2 Å². The van der Waals surface area contributed by atoms with Gasteiger partial charge < -0.3 is 5.11 Å². The van der Waals surface area contributed by atoms with Crippen molar-refractivity contribution in [3.05, 3.63) is 99.6 Å². The number of halogens is 1. The van der Waals surface area contributed by atoms with E-state index in [9.17, 15) is 28.0 Å². The third kappa shape index (κ3) is 5.38. The number of hydrogen-bond acceptors (Lipinski definition) is 7. The maximum Gasteiger partial charge on any atom is 0.277 e. The first kappa shape index (κ1) is 28.6. The number of hydrogen-bond donors (Lipinski definition) is 1. The lowest BCUT2D eigenvalue weighted by Gasteiger charge is -2.23. The van der Waals surface area contributed by atoms with E-state index in [1.165, 1.54) is 35.0 Å². The second-order valence-electron chi connectivity index (χ2n) is 9.42. The highest BCUT2D eigenvalue weighted by Gasteiger charge is 2.31. The molecule has 0 amide bonds. The van der Waals surface area contributed by atoms with Gasteiger partial charge in [0.2, 0.25) is 21.7 Å². The van der Waals surface area contributed by atoms with Crippen LogP contribution in [-0.4, -0.2) is 28.1 Å². The predicted octanol–water partition coefficient (Wildman–Crippen LogP) is 5.50. The van der Waals surface area contributed by atoms with Crippen molar-refractivity contribution in [2.45, 2.75) is 62.3 Å². The minimum atomic E-state index is -4.50. The molecule has 0 saturated carbocycles. The van der Waals surface area contributed by atoms with Gasteiger partial charge in [0.1, 0.15) is 5.82 Å². The van der Waals surface area contributed by atoms with E-state index in [0.717, 1.165) is 6.42 Å². The van der Waals surface area contributed by atoms with Crippen molar-refractivity contribution in [2.24, 2.45) is 0 Å². The lowest BCUT2D eigenvalue weighted by Crippen LogP contribution is -2.33. The van der Waals surface area contributed by atoms with Crippen LogP contribution < -0.4 is 5.56 Å². The topological polar surface area (TPSA) is 126 Å². The molecular formula is C30H29FN4O4S. The quantitative estimate of drug-likeness (QED) is 0.268. The fourth-order valence-corrected chi connectivity index (χ4v) is 6.10. The molecule has 0 fully saturated rings. The Kier molecular flexibility index (Phi) is 8.45. The van der Waals surface area contributed by atoms with Crippen LogP contribution in [0.4, 0.5) is 4.39 Å². The smallest absolute Gasteiger partial charge is 0.277 e. The zero-order valence-corrected chi connectivity index (χ0v) is 23.2. The summed E-state index contributed by atoms with van der Waals surface area (Å²) < 4.78 is 42.8. The molecule has 0 bridgehead atoms. The Bertz CT molecular complexity index is 1760. The van der Waals surface area contributed by atoms with E-state index >= 15 is 0 Å². The molecule has 40 heavy (non-hydrogen) atoms. The monoisotopic (exact) mass is 560 g/mol. The Hall–Kier alpha value is -4.36. The summed E-state index contributed by atoms with van der Waals surface area (Å²) in [5.41, 5.74) is 1.61. The highest BCUT2D eigenvalue weighted by molar-refractivity contribution is 7.91. The van der Waals surface area contributed by atoms with Crippen molar-refractivity contribution in [2.75, 3.05) is 0 Å². The molecule has 1 N–H and O–H groups in total. The third-order valence-electron chi connectivity index (χ3n) is 6.87. The van der Waals surface area contributed by atoms with Crippen LogP contribution in [0.1, 0.15) is 61.7 Å². The SMILES string of the molecule is CCCCc1nc(O)c(S(=O)(=O)c2ccc(-c3ccnc(F)c3C)cc2)c(=O)n1C(CC)c1cccc(C#N)c1. The Morgan fingerprint density at radius 3 is 2.50 bits per heavy atom. The normalized spacial score (nSPS) is 12.2. The molecule has 0 saturated heterocycles. The Balaban J connectivity index is 1.88. The highest BCUT2D eigenvalue weighted by Crippen LogP contribution is 2.31. The van der Waals surface area contributed by atoms with Crippen molar-refractivity contribution >= 4 is 9.84 Å². The van der Waals surface area contributed by atoms with Gasteiger partial charge in [0.15, 0.2) is 4.90 Å². The Morgan fingerprint density at radius 2 is 1.85 bits per heavy atom. The lowest BCUT2D eigenvalue weighted by molar-refractivity contribution is 0.406. The molecule has 10 heteroatoms. The first-order chi connectivity index (χ1) is 19.1. The molecule has 4 rings (SSSR count). The van der Waals surface area contributed by atoms with E-state index in [2.05, 4.69) is 16.0 Å². The zero-order chi connectivity index (χ0) is 29.0.